The second kappa shape index (κ2) is 7.31. The number of rotatable bonds is 5. The third-order valence-electron chi connectivity index (χ3n) is 5.01. The molecule has 2 aliphatic heterocycles. The molecule has 6 nitrogen and oxygen atoms in total. The highest BCUT2D eigenvalue weighted by Gasteiger charge is 2.59. The number of benzene rings is 2. The van der Waals surface area contributed by atoms with E-state index in [0.717, 1.165) is 11.1 Å². The molecule has 146 valence electrons. The van der Waals surface area contributed by atoms with Gasteiger partial charge in [-0.2, -0.15) is 0 Å². The van der Waals surface area contributed by atoms with Gasteiger partial charge in [-0.05, 0) is 32.1 Å². The molecule has 0 unspecified atom stereocenters. The Bertz CT molecular complexity index is 905. The smallest absolute Gasteiger partial charge is 0.317 e. The highest BCUT2D eigenvalue weighted by atomic mass is 32.1. The van der Waals surface area contributed by atoms with E-state index in [2.05, 4.69) is 10.6 Å². The van der Waals surface area contributed by atoms with Crippen LogP contribution in [0.2, 0.25) is 0 Å². The summed E-state index contributed by atoms with van der Waals surface area (Å²) in [4.78, 5) is 13.1. The number of carbonyl (C=O) groups excluding carboxylic acids is 1. The van der Waals surface area contributed by atoms with E-state index in [1.807, 2.05) is 55.5 Å². The van der Waals surface area contributed by atoms with Crippen LogP contribution in [-0.2, 0) is 15.3 Å². The first-order valence-corrected chi connectivity index (χ1v) is 9.77. The van der Waals surface area contributed by atoms with Crippen molar-refractivity contribution in [2.24, 2.45) is 5.92 Å². The quantitative estimate of drug-likeness (QED) is 0.593. The summed E-state index contributed by atoms with van der Waals surface area (Å²) < 4.78 is 17.8. The number of hydrogen-bond donors (Lipinski definition) is 2. The molecule has 2 aromatic carbocycles. The number of para-hydroxylation sites is 1. The molecule has 0 radical (unpaired) electrons. The monoisotopic (exact) mass is 398 g/mol. The standard InChI is InChI=1S/C21H22N2O4S/c1-3-25-15-12-8-11-14-17-16(19(24)26-4-2)21(27-18(14)15,23-20(28)22-17)13-9-6-5-7-10-13/h5-12,16-17H,3-4H2,1-2H3,(H2,22,23,28)/t16-,17-,21+/m1/s1. The van der Waals surface area contributed by atoms with E-state index in [1.165, 1.54) is 0 Å². The lowest BCUT2D eigenvalue weighted by Crippen LogP contribution is -2.69. The first-order chi connectivity index (χ1) is 13.6. The van der Waals surface area contributed by atoms with E-state index >= 15 is 0 Å². The van der Waals surface area contributed by atoms with E-state index in [1.54, 1.807) is 6.92 Å². The highest BCUT2D eigenvalue weighted by molar-refractivity contribution is 7.80. The third-order valence-corrected chi connectivity index (χ3v) is 5.23. The molecule has 2 N–H and O–H groups in total. The van der Waals surface area contributed by atoms with Crippen molar-refractivity contribution in [1.82, 2.24) is 10.6 Å². The summed E-state index contributed by atoms with van der Waals surface area (Å²) >= 11 is 5.46. The summed E-state index contributed by atoms with van der Waals surface area (Å²) in [6.45, 7) is 4.49. The maximum Gasteiger partial charge on any atom is 0.317 e. The SMILES string of the molecule is CCOC(=O)[C@H]1[C@@H]2NC(=S)N[C@@]1(c1ccccc1)Oc1c(OCC)cccc12. The van der Waals surface area contributed by atoms with Crippen LogP contribution in [0.3, 0.4) is 0 Å². The molecule has 2 aliphatic rings. The van der Waals surface area contributed by atoms with E-state index in [9.17, 15) is 4.79 Å². The van der Waals surface area contributed by atoms with Crippen molar-refractivity contribution in [3.8, 4) is 11.5 Å². The Morgan fingerprint density at radius 2 is 1.93 bits per heavy atom. The summed E-state index contributed by atoms with van der Waals surface area (Å²) in [5, 5.41) is 6.88. The van der Waals surface area contributed by atoms with Crippen LogP contribution in [0, 0.1) is 5.92 Å². The van der Waals surface area contributed by atoms with Gasteiger partial charge in [0, 0.05) is 11.1 Å². The number of nitrogens with one attached hydrogen (secondary N) is 2. The van der Waals surface area contributed by atoms with Crippen molar-refractivity contribution in [2.75, 3.05) is 13.2 Å². The number of hydrogen-bond acceptors (Lipinski definition) is 5. The largest absolute Gasteiger partial charge is 0.490 e. The molecule has 1 fully saturated rings. The van der Waals surface area contributed by atoms with Crippen LogP contribution in [0.15, 0.2) is 48.5 Å². The zero-order valence-electron chi connectivity index (χ0n) is 15.7. The molecular weight excluding hydrogens is 376 g/mol. The topological polar surface area (TPSA) is 68.8 Å². The average molecular weight is 398 g/mol. The van der Waals surface area contributed by atoms with Crippen molar-refractivity contribution >= 4 is 23.3 Å². The Morgan fingerprint density at radius 3 is 2.64 bits per heavy atom. The first-order valence-electron chi connectivity index (χ1n) is 9.36. The van der Waals surface area contributed by atoms with Crippen LogP contribution in [0.5, 0.6) is 11.5 Å². The molecule has 4 rings (SSSR count). The summed E-state index contributed by atoms with van der Waals surface area (Å²) in [6, 6.07) is 14.8. The maximum atomic E-state index is 13.1. The maximum absolute atomic E-state index is 13.1. The molecule has 2 aromatic rings. The second-order valence-corrected chi connectivity index (χ2v) is 7.03. The lowest BCUT2D eigenvalue weighted by Gasteiger charge is -2.52. The van der Waals surface area contributed by atoms with Gasteiger partial charge in [0.2, 0.25) is 5.72 Å². The molecule has 7 heteroatoms. The van der Waals surface area contributed by atoms with Gasteiger partial charge >= 0.3 is 5.97 Å². The van der Waals surface area contributed by atoms with Crippen LogP contribution < -0.4 is 20.1 Å². The molecule has 1 saturated heterocycles. The predicted octanol–water partition coefficient (Wildman–Crippen LogP) is 3.03. The van der Waals surface area contributed by atoms with Gasteiger partial charge in [-0.1, -0.05) is 42.5 Å². The van der Waals surface area contributed by atoms with Crippen LogP contribution >= 0.6 is 12.2 Å². The fraction of sp³-hybridized carbons (Fsp3) is 0.333. The number of thiocarbonyl (C=S) groups is 1. The summed E-state index contributed by atoms with van der Waals surface area (Å²) in [5.74, 6) is 0.197. The first kappa shape index (κ1) is 18.6. The molecule has 0 amide bonds. The molecule has 2 bridgehead atoms. The number of esters is 1. The van der Waals surface area contributed by atoms with Crippen molar-refractivity contribution in [2.45, 2.75) is 25.6 Å². The van der Waals surface area contributed by atoms with Gasteiger partial charge in [-0.3, -0.25) is 4.79 Å². The minimum Gasteiger partial charge on any atom is -0.490 e. The fourth-order valence-electron chi connectivity index (χ4n) is 3.94. The number of carbonyl (C=O) groups is 1. The normalized spacial score (nSPS) is 24.9. The summed E-state index contributed by atoms with van der Waals surface area (Å²) in [6.07, 6.45) is 0. The molecule has 2 heterocycles. The molecule has 0 aromatic heterocycles. The third kappa shape index (κ3) is 2.86. The minimum atomic E-state index is -1.19. The van der Waals surface area contributed by atoms with Gasteiger partial charge in [0.25, 0.3) is 0 Å². The van der Waals surface area contributed by atoms with Crippen LogP contribution in [-0.4, -0.2) is 24.3 Å². The number of ether oxygens (including phenoxy) is 3. The van der Waals surface area contributed by atoms with Crippen LogP contribution in [0.1, 0.15) is 31.0 Å². The predicted molar refractivity (Wildman–Crippen MR) is 108 cm³/mol. The Morgan fingerprint density at radius 1 is 1.14 bits per heavy atom. The van der Waals surface area contributed by atoms with Gasteiger partial charge in [0.05, 0.1) is 19.3 Å². The minimum absolute atomic E-state index is 0.281. The van der Waals surface area contributed by atoms with Gasteiger partial charge in [0.15, 0.2) is 16.6 Å². The molecule has 0 saturated carbocycles. The van der Waals surface area contributed by atoms with E-state index in [0.29, 0.717) is 23.2 Å². The van der Waals surface area contributed by atoms with E-state index in [4.69, 9.17) is 26.4 Å². The molecule has 0 aliphatic carbocycles. The summed E-state index contributed by atoms with van der Waals surface area (Å²) in [5.41, 5.74) is 0.416. The van der Waals surface area contributed by atoms with Gasteiger partial charge in [-0.25, -0.2) is 0 Å². The summed E-state index contributed by atoms with van der Waals surface area (Å²) in [7, 11) is 0. The second-order valence-electron chi connectivity index (χ2n) is 6.62. The zero-order chi connectivity index (χ0) is 19.7. The average Bonchev–Trinajstić information content (AvgIpc) is 2.69. The Hall–Kier alpha value is -2.80. The van der Waals surface area contributed by atoms with Gasteiger partial charge in [-0.15, -0.1) is 0 Å². The van der Waals surface area contributed by atoms with Crippen LogP contribution in [0.25, 0.3) is 0 Å². The van der Waals surface area contributed by atoms with E-state index in [-0.39, 0.29) is 12.6 Å². The Labute approximate surface area is 169 Å². The lowest BCUT2D eigenvalue weighted by atomic mass is 9.76. The van der Waals surface area contributed by atoms with Gasteiger partial charge in [0.1, 0.15) is 5.92 Å². The lowest BCUT2D eigenvalue weighted by molar-refractivity contribution is -0.165. The highest BCUT2D eigenvalue weighted by Crippen LogP contribution is 2.52. The molecule has 3 atom stereocenters. The van der Waals surface area contributed by atoms with Crippen LogP contribution in [0.4, 0.5) is 0 Å². The van der Waals surface area contributed by atoms with Crippen molar-refractivity contribution in [3.05, 3.63) is 59.7 Å². The van der Waals surface area contributed by atoms with Crippen molar-refractivity contribution in [3.63, 3.8) is 0 Å². The van der Waals surface area contributed by atoms with Crippen molar-refractivity contribution in [1.29, 1.82) is 0 Å². The van der Waals surface area contributed by atoms with Crippen molar-refractivity contribution < 1.29 is 19.0 Å². The number of fused-ring (bicyclic) bond motifs is 4. The Kier molecular flexibility index (Phi) is 4.85. The van der Waals surface area contributed by atoms with E-state index < -0.39 is 17.7 Å². The van der Waals surface area contributed by atoms with Gasteiger partial charge < -0.3 is 24.8 Å². The Balaban J connectivity index is 1.95. The molecular formula is C21H22N2O4S. The fourth-order valence-corrected chi connectivity index (χ4v) is 4.21. The molecule has 28 heavy (non-hydrogen) atoms. The molecule has 0 spiro atoms. The zero-order valence-corrected chi connectivity index (χ0v) is 16.5.